The standard InChI is InChI=1S/C23H33F3N4OS.CH4O/c1-3-32-30-14-12-29(13-15-30)11-7-5-4-6-8-18(2)22(31)28-20-10-9-19(17-27)21(16-20)23(24,25)26;1-2/h9-10,16,18H,3-8,11-15H2,1-2H3,(H,28,31);2H,1H3. The zero-order valence-corrected chi connectivity index (χ0v) is 21.1. The Bertz CT molecular complexity index is 778. The fourth-order valence-electron chi connectivity index (χ4n) is 3.75. The summed E-state index contributed by atoms with van der Waals surface area (Å²) >= 11 is 1.91. The molecule has 1 aromatic rings. The number of nitriles is 1. The molecule has 192 valence electrons. The van der Waals surface area contributed by atoms with E-state index in [2.05, 4.69) is 21.4 Å². The average Bonchev–Trinajstić information content (AvgIpc) is 2.83. The number of hydrogen-bond acceptors (Lipinski definition) is 6. The van der Waals surface area contributed by atoms with Crippen molar-refractivity contribution in [3.05, 3.63) is 29.3 Å². The van der Waals surface area contributed by atoms with Gasteiger partial charge in [-0.3, -0.25) is 4.79 Å². The summed E-state index contributed by atoms with van der Waals surface area (Å²) in [7, 11) is 1.00. The van der Waals surface area contributed by atoms with Crippen LogP contribution in [0.2, 0.25) is 0 Å². The highest BCUT2D eigenvalue weighted by Gasteiger charge is 2.34. The summed E-state index contributed by atoms with van der Waals surface area (Å²) in [5, 5.41) is 18.4. The lowest BCUT2D eigenvalue weighted by Crippen LogP contribution is -2.43. The first-order valence-electron chi connectivity index (χ1n) is 11.7. The topological polar surface area (TPSA) is 79.6 Å². The Morgan fingerprint density at radius 3 is 2.41 bits per heavy atom. The summed E-state index contributed by atoms with van der Waals surface area (Å²) in [5.74, 6) is 0.535. The van der Waals surface area contributed by atoms with Crippen LogP contribution in [-0.2, 0) is 11.0 Å². The fraction of sp³-hybridized carbons (Fsp3) is 0.667. The van der Waals surface area contributed by atoms with E-state index in [1.807, 2.05) is 11.9 Å². The van der Waals surface area contributed by atoms with Gasteiger partial charge in [-0.15, -0.1) is 0 Å². The lowest BCUT2D eigenvalue weighted by molar-refractivity contribution is -0.137. The Kier molecular flexibility index (Phi) is 14.2. The normalized spacial score (nSPS) is 15.7. The summed E-state index contributed by atoms with van der Waals surface area (Å²) in [6, 6.07) is 4.78. The maximum Gasteiger partial charge on any atom is 0.417 e. The molecule has 0 spiro atoms. The Morgan fingerprint density at radius 2 is 1.82 bits per heavy atom. The molecule has 1 aliphatic rings. The van der Waals surface area contributed by atoms with Crippen LogP contribution in [-0.4, -0.2) is 65.8 Å². The SMILES string of the molecule is CCSN1CCN(CCCCCCC(C)C(=O)Nc2ccc(C#N)c(C(F)(F)F)c2)CC1.CO. The number of carbonyl (C=O) groups is 1. The van der Waals surface area contributed by atoms with Gasteiger partial charge < -0.3 is 15.3 Å². The molecule has 0 aromatic heterocycles. The number of nitrogens with zero attached hydrogens (tertiary/aromatic N) is 3. The van der Waals surface area contributed by atoms with Gasteiger partial charge in [0.2, 0.25) is 5.91 Å². The van der Waals surface area contributed by atoms with Crippen LogP contribution in [0.25, 0.3) is 0 Å². The minimum Gasteiger partial charge on any atom is -0.400 e. The van der Waals surface area contributed by atoms with Crippen LogP contribution in [0.1, 0.15) is 57.1 Å². The van der Waals surface area contributed by atoms with Gasteiger partial charge in [0.05, 0.1) is 17.2 Å². The van der Waals surface area contributed by atoms with Gasteiger partial charge in [0, 0.05) is 50.6 Å². The smallest absolute Gasteiger partial charge is 0.400 e. The van der Waals surface area contributed by atoms with Gasteiger partial charge in [0.1, 0.15) is 0 Å². The third-order valence-corrected chi connectivity index (χ3v) is 6.65. The second-order valence-electron chi connectivity index (χ2n) is 8.15. The minimum atomic E-state index is -4.64. The van der Waals surface area contributed by atoms with Crippen molar-refractivity contribution in [2.75, 3.05) is 50.9 Å². The second-order valence-corrected chi connectivity index (χ2v) is 9.50. The molecule has 1 unspecified atom stereocenters. The van der Waals surface area contributed by atoms with Gasteiger partial charge in [-0.2, -0.15) is 18.4 Å². The largest absolute Gasteiger partial charge is 0.417 e. The zero-order chi connectivity index (χ0) is 25.6. The highest BCUT2D eigenvalue weighted by atomic mass is 32.2. The molecule has 10 heteroatoms. The number of halogens is 3. The molecule has 0 aliphatic carbocycles. The Balaban J connectivity index is 0.00000281. The molecule has 1 saturated heterocycles. The Hall–Kier alpha value is -1.80. The number of amides is 1. The van der Waals surface area contributed by atoms with E-state index in [4.69, 9.17) is 10.4 Å². The number of hydrogen-bond donors (Lipinski definition) is 2. The number of anilines is 1. The predicted octanol–water partition coefficient (Wildman–Crippen LogP) is 5.00. The van der Waals surface area contributed by atoms with Crippen molar-refractivity contribution in [1.29, 1.82) is 5.26 Å². The quantitative estimate of drug-likeness (QED) is 0.328. The molecule has 1 fully saturated rings. The first kappa shape index (κ1) is 30.2. The molecular weight excluding hydrogens is 465 g/mol. The van der Waals surface area contributed by atoms with Gasteiger partial charge in [0.15, 0.2) is 0 Å². The van der Waals surface area contributed by atoms with Crippen LogP contribution in [0.4, 0.5) is 18.9 Å². The molecule has 2 rings (SSSR count). The Morgan fingerprint density at radius 1 is 1.18 bits per heavy atom. The van der Waals surface area contributed by atoms with Crippen LogP contribution in [0, 0.1) is 17.2 Å². The zero-order valence-electron chi connectivity index (χ0n) is 20.3. The molecule has 1 heterocycles. The minimum absolute atomic E-state index is 0.0607. The summed E-state index contributed by atoms with van der Waals surface area (Å²) in [6.45, 7) is 9.56. The highest BCUT2D eigenvalue weighted by molar-refractivity contribution is 7.96. The highest BCUT2D eigenvalue weighted by Crippen LogP contribution is 2.33. The summed E-state index contributed by atoms with van der Waals surface area (Å²) in [5.41, 5.74) is -1.42. The number of rotatable bonds is 11. The van der Waals surface area contributed by atoms with E-state index in [1.54, 1.807) is 6.92 Å². The van der Waals surface area contributed by atoms with Crippen LogP contribution in [0.5, 0.6) is 0 Å². The van der Waals surface area contributed by atoms with E-state index >= 15 is 0 Å². The van der Waals surface area contributed by atoms with Crippen molar-refractivity contribution in [2.45, 2.75) is 52.1 Å². The molecule has 1 amide bonds. The molecular formula is C24H37F3N4O2S. The Labute approximate surface area is 205 Å². The second kappa shape index (κ2) is 16.0. The average molecular weight is 503 g/mol. The fourth-order valence-corrected chi connectivity index (χ4v) is 4.54. The van der Waals surface area contributed by atoms with Crippen LogP contribution in [0.3, 0.4) is 0 Å². The van der Waals surface area contributed by atoms with E-state index in [0.29, 0.717) is 6.42 Å². The number of aliphatic hydroxyl groups is 1. The molecule has 1 atom stereocenters. The third-order valence-electron chi connectivity index (χ3n) is 5.66. The van der Waals surface area contributed by atoms with Gasteiger partial charge in [-0.25, -0.2) is 4.31 Å². The van der Waals surface area contributed by atoms with E-state index < -0.39 is 17.3 Å². The number of alkyl halides is 3. The number of unbranched alkanes of at least 4 members (excludes halogenated alkanes) is 3. The molecule has 6 nitrogen and oxygen atoms in total. The number of carbonyl (C=O) groups excluding carboxylic acids is 1. The molecule has 2 N–H and O–H groups in total. The number of nitrogens with one attached hydrogen (secondary N) is 1. The van der Waals surface area contributed by atoms with Gasteiger partial charge in [-0.05, 0) is 37.6 Å². The van der Waals surface area contributed by atoms with E-state index in [1.165, 1.54) is 12.1 Å². The van der Waals surface area contributed by atoms with Gasteiger partial charge in [0.25, 0.3) is 0 Å². The van der Waals surface area contributed by atoms with E-state index in [9.17, 15) is 18.0 Å². The monoisotopic (exact) mass is 502 g/mol. The van der Waals surface area contributed by atoms with Gasteiger partial charge in [-0.1, -0.05) is 45.1 Å². The molecule has 0 saturated carbocycles. The van der Waals surface area contributed by atoms with E-state index in [0.717, 1.165) is 83.4 Å². The molecule has 1 aromatic carbocycles. The maximum absolute atomic E-state index is 13.1. The van der Waals surface area contributed by atoms with Crippen molar-refractivity contribution < 1.29 is 23.1 Å². The summed E-state index contributed by atoms with van der Waals surface area (Å²) in [6.07, 6.45) is 0.269. The lowest BCUT2D eigenvalue weighted by Gasteiger charge is -2.33. The van der Waals surface area contributed by atoms with Crippen molar-refractivity contribution in [2.24, 2.45) is 5.92 Å². The first-order chi connectivity index (χ1) is 16.2. The number of aliphatic hydroxyl groups excluding tert-OH is 1. The summed E-state index contributed by atoms with van der Waals surface area (Å²) < 4.78 is 41.7. The van der Waals surface area contributed by atoms with E-state index in [-0.39, 0.29) is 17.5 Å². The first-order valence-corrected chi connectivity index (χ1v) is 12.7. The maximum atomic E-state index is 13.1. The third kappa shape index (κ3) is 10.6. The number of benzene rings is 1. The van der Waals surface area contributed by atoms with Gasteiger partial charge >= 0.3 is 6.18 Å². The molecule has 0 radical (unpaired) electrons. The lowest BCUT2D eigenvalue weighted by atomic mass is 10.0. The molecule has 34 heavy (non-hydrogen) atoms. The van der Waals surface area contributed by atoms with Crippen molar-refractivity contribution in [3.8, 4) is 6.07 Å². The van der Waals surface area contributed by atoms with Crippen LogP contribution >= 0.6 is 11.9 Å². The van der Waals surface area contributed by atoms with Crippen molar-refractivity contribution in [3.63, 3.8) is 0 Å². The van der Waals surface area contributed by atoms with Crippen LogP contribution < -0.4 is 5.32 Å². The van der Waals surface area contributed by atoms with Crippen molar-refractivity contribution >= 4 is 23.5 Å². The predicted molar refractivity (Wildman–Crippen MR) is 131 cm³/mol. The van der Waals surface area contributed by atoms with Crippen molar-refractivity contribution in [1.82, 2.24) is 9.21 Å². The molecule has 1 aliphatic heterocycles. The number of piperazine rings is 1. The summed E-state index contributed by atoms with van der Waals surface area (Å²) in [4.78, 5) is 14.9. The van der Waals surface area contributed by atoms with Crippen LogP contribution in [0.15, 0.2) is 18.2 Å². The molecule has 0 bridgehead atoms.